The highest BCUT2D eigenvalue weighted by Gasteiger charge is 2.32. The summed E-state index contributed by atoms with van der Waals surface area (Å²) in [5.41, 5.74) is 4.56. The van der Waals surface area contributed by atoms with Gasteiger partial charge in [0.15, 0.2) is 0 Å². The lowest BCUT2D eigenvalue weighted by molar-refractivity contribution is 0.0737. The van der Waals surface area contributed by atoms with E-state index in [9.17, 15) is 14.3 Å². The molecule has 7 heteroatoms. The molecule has 3 heterocycles. The highest BCUT2D eigenvalue weighted by Crippen LogP contribution is 2.31. The van der Waals surface area contributed by atoms with Crippen molar-refractivity contribution in [3.63, 3.8) is 0 Å². The Kier molecular flexibility index (Phi) is 7.39. The molecule has 0 spiro atoms. The van der Waals surface area contributed by atoms with Crippen LogP contribution in [0, 0.1) is 12.7 Å². The van der Waals surface area contributed by atoms with Gasteiger partial charge in [0, 0.05) is 57.7 Å². The van der Waals surface area contributed by atoms with Crippen molar-refractivity contribution in [3.05, 3.63) is 89.0 Å². The van der Waals surface area contributed by atoms with Gasteiger partial charge < -0.3 is 19.5 Å². The second-order valence-corrected chi connectivity index (χ2v) is 9.94. The summed E-state index contributed by atoms with van der Waals surface area (Å²) < 4.78 is 15.3. The first kappa shape index (κ1) is 24.5. The molecule has 2 aliphatic rings. The molecule has 2 aromatic carbocycles. The third kappa shape index (κ3) is 5.32. The number of fused-ring (bicyclic) bond motifs is 1. The molecule has 1 N–H and O–H groups in total. The first-order chi connectivity index (χ1) is 17.5. The molecule has 0 bridgehead atoms. The normalized spacial score (nSPS) is 18.9. The number of piperazine rings is 1. The quantitative estimate of drug-likeness (QED) is 0.543. The Labute approximate surface area is 212 Å². The number of nitrogens with zero attached hydrogens (tertiary/aromatic N) is 4. The summed E-state index contributed by atoms with van der Waals surface area (Å²) in [5, 5.41) is 11.0. The highest BCUT2D eigenvalue weighted by atomic mass is 19.1. The number of aliphatic hydroxyl groups excluding tert-OH is 1. The summed E-state index contributed by atoms with van der Waals surface area (Å²) in [6.45, 7) is 8.54. The second-order valence-electron chi connectivity index (χ2n) is 9.94. The van der Waals surface area contributed by atoms with Gasteiger partial charge in [-0.15, -0.1) is 0 Å². The van der Waals surface area contributed by atoms with Gasteiger partial charge >= 0.3 is 0 Å². The maximum Gasteiger partial charge on any atom is 0.256 e. The summed E-state index contributed by atoms with van der Waals surface area (Å²) >= 11 is 0. The Hall–Kier alpha value is -3.16. The standard InChI is InChI=1S/C29H35FN4O2/c1-22-20-34(21-23-6-3-2-4-7-23)28-26(35)12-15-33(29(36)27(22)28)14-5-13-31-16-18-32(19-17-31)25-10-8-24(30)9-11-25/h2-4,6-11,20,26,35H,5,12-19,21H2,1H3. The zero-order chi connectivity index (χ0) is 25.1. The SMILES string of the molecule is Cc1cn(Cc2ccccc2)c2c1C(=O)N(CCCN1CCN(c3ccc(F)cc3)CC1)CCC2O. The van der Waals surface area contributed by atoms with Gasteiger partial charge in [0.2, 0.25) is 0 Å². The van der Waals surface area contributed by atoms with Crippen molar-refractivity contribution < 1.29 is 14.3 Å². The Bertz CT molecular complexity index is 1170. The minimum absolute atomic E-state index is 0.0343. The van der Waals surface area contributed by atoms with E-state index in [0.29, 0.717) is 31.6 Å². The Morgan fingerprint density at radius 2 is 1.67 bits per heavy atom. The van der Waals surface area contributed by atoms with Gasteiger partial charge in [-0.3, -0.25) is 9.69 Å². The molecule has 0 saturated carbocycles. The van der Waals surface area contributed by atoms with Gasteiger partial charge in [-0.2, -0.15) is 0 Å². The number of halogens is 1. The minimum Gasteiger partial charge on any atom is -0.387 e. The zero-order valence-corrected chi connectivity index (χ0v) is 20.9. The predicted octanol–water partition coefficient (Wildman–Crippen LogP) is 4.08. The van der Waals surface area contributed by atoms with Crippen molar-refractivity contribution in [2.75, 3.05) is 50.7 Å². The van der Waals surface area contributed by atoms with E-state index in [4.69, 9.17) is 0 Å². The Morgan fingerprint density at radius 3 is 2.39 bits per heavy atom. The number of aromatic nitrogens is 1. The van der Waals surface area contributed by atoms with Crippen molar-refractivity contribution in [3.8, 4) is 0 Å². The average molecular weight is 491 g/mol. The lowest BCUT2D eigenvalue weighted by Gasteiger charge is -2.36. The number of anilines is 1. The topological polar surface area (TPSA) is 52.0 Å². The monoisotopic (exact) mass is 490 g/mol. The van der Waals surface area contributed by atoms with Crippen molar-refractivity contribution in [1.82, 2.24) is 14.4 Å². The molecule has 5 rings (SSSR count). The number of carbonyl (C=O) groups is 1. The Morgan fingerprint density at radius 1 is 0.944 bits per heavy atom. The van der Waals surface area contributed by atoms with E-state index < -0.39 is 6.10 Å². The first-order valence-corrected chi connectivity index (χ1v) is 12.9. The number of hydrogen-bond acceptors (Lipinski definition) is 4. The smallest absolute Gasteiger partial charge is 0.256 e. The fourth-order valence-corrected chi connectivity index (χ4v) is 5.52. The molecule has 1 saturated heterocycles. The second kappa shape index (κ2) is 10.8. The summed E-state index contributed by atoms with van der Waals surface area (Å²) in [4.78, 5) is 20.2. The number of hydrogen-bond donors (Lipinski definition) is 1. The lowest BCUT2D eigenvalue weighted by Crippen LogP contribution is -2.47. The maximum atomic E-state index is 13.5. The van der Waals surface area contributed by atoms with Crippen LogP contribution in [-0.4, -0.2) is 71.2 Å². The molecule has 0 radical (unpaired) electrons. The third-order valence-corrected chi connectivity index (χ3v) is 7.46. The molecule has 36 heavy (non-hydrogen) atoms. The van der Waals surface area contributed by atoms with Gasteiger partial charge in [-0.1, -0.05) is 30.3 Å². The summed E-state index contributed by atoms with van der Waals surface area (Å²) in [6.07, 6.45) is 2.80. The van der Waals surface area contributed by atoms with E-state index in [1.165, 1.54) is 12.1 Å². The molecular weight excluding hydrogens is 455 g/mol. The molecule has 190 valence electrons. The first-order valence-electron chi connectivity index (χ1n) is 12.9. The van der Waals surface area contributed by atoms with E-state index >= 15 is 0 Å². The zero-order valence-electron chi connectivity index (χ0n) is 20.9. The van der Waals surface area contributed by atoms with Crippen molar-refractivity contribution in [1.29, 1.82) is 0 Å². The maximum absolute atomic E-state index is 13.5. The van der Waals surface area contributed by atoms with Gasteiger partial charge in [-0.05, 0) is 61.7 Å². The molecule has 0 aliphatic carbocycles. The van der Waals surface area contributed by atoms with E-state index in [2.05, 4.69) is 21.9 Å². The third-order valence-electron chi connectivity index (χ3n) is 7.46. The van der Waals surface area contributed by atoms with Gasteiger partial charge in [0.05, 0.1) is 17.4 Å². The molecule has 2 aliphatic heterocycles. The van der Waals surface area contributed by atoms with E-state index in [-0.39, 0.29) is 11.7 Å². The predicted molar refractivity (Wildman–Crippen MR) is 140 cm³/mol. The largest absolute Gasteiger partial charge is 0.387 e. The van der Waals surface area contributed by atoms with E-state index in [0.717, 1.165) is 61.7 Å². The molecule has 1 atom stereocenters. The van der Waals surface area contributed by atoms with Crippen molar-refractivity contribution in [2.24, 2.45) is 0 Å². The van der Waals surface area contributed by atoms with Crippen LogP contribution in [0.25, 0.3) is 0 Å². The fourth-order valence-electron chi connectivity index (χ4n) is 5.52. The number of benzene rings is 2. The molecular formula is C29H35FN4O2. The van der Waals surface area contributed by atoms with Gasteiger partial charge in [0.25, 0.3) is 5.91 Å². The van der Waals surface area contributed by atoms with Crippen LogP contribution < -0.4 is 4.90 Å². The lowest BCUT2D eigenvalue weighted by atomic mass is 10.1. The number of amides is 1. The van der Waals surface area contributed by atoms with Crippen LogP contribution in [0.2, 0.25) is 0 Å². The summed E-state index contributed by atoms with van der Waals surface area (Å²) in [7, 11) is 0. The van der Waals surface area contributed by atoms with E-state index in [1.54, 1.807) is 0 Å². The van der Waals surface area contributed by atoms with Crippen molar-refractivity contribution >= 4 is 11.6 Å². The van der Waals surface area contributed by atoms with Crippen molar-refractivity contribution in [2.45, 2.75) is 32.4 Å². The number of rotatable bonds is 7. The van der Waals surface area contributed by atoms with Crippen LogP contribution >= 0.6 is 0 Å². The summed E-state index contributed by atoms with van der Waals surface area (Å²) in [5.74, 6) is -0.171. The molecule has 1 aromatic heterocycles. The number of carbonyl (C=O) groups excluding carboxylic acids is 1. The number of aliphatic hydroxyl groups is 1. The molecule has 3 aromatic rings. The van der Waals surface area contributed by atoms with E-state index in [1.807, 2.05) is 52.9 Å². The van der Waals surface area contributed by atoms with Gasteiger partial charge in [-0.25, -0.2) is 4.39 Å². The van der Waals surface area contributed by atoms with Crippen LogP contribution in [0.3, 0.4) is 0 Å². The molecule has 1 fully saturated rings. The van der Waals surface area contributed by atoms with Crippen LogP contribution in [0.15, 0.2) is 60.8 Å². The summed E-state index contributed by atoms with van der Waals surface area (Å²) in [6, 6.07) is 16.9. The average Bonchev–Trinajstić information content (AvgIpc) is 3.15. The Balaban J connectivity index is 1.17. The van der Waals surface area contributed by atoms with Crippen LogP contribution in [-0.2, 0) is 6.54 Å². The fraction of sp³-hybridized carbons (Fsp3) is 0.414. The molecule has 1 amide bonds. The molecule has 6 nitrogen and oxygen atoms in total. The molecule has 1 unspecified atom stereocenters. The minimum atomic E-state index is -0.647. The van der Waals surface area contributed by atoms with Crippen LogP contribution in [0.1, 0.15) is 46.1 Å². The van der Waals surface area contributed by atoms with Crippen LogP contribution in [0.4, 0.5) is 10.1 Å². The van der Waals surface area contributed by atoms with Gasteiger partial charge in [0.1, 0.15) is 5.82 Å². The number of aryl methyl sites for hydroxylation is 1. The highest BCUT2D eigenvalue weighted by molar-refractivity contribution is 5.97. The van der Waals surface area contributed by atoms with Crippen LogP contribution in [0.5, 0.6) is 0 Å².